The Morgan fingerprint density at radius 3 is 2.93 bits per heavy atom. The molecule has 1 aromatic heterocycles. The fourth-order valence-electron chi connectivity index (χ4n) is 1.20. The van der Waals surface area contributed by atoms with Gasteiger partial charge in [-0.3, -0.25) is 0 Å². The lowest BCUT2D eigenvalue weighted by atomic mass is 10.4. The number of halogens is 1. The van der Waals surface area contributed by atoms with Crippen molar-refractivity contribution in [3.05, 3.63) is 21.7 Å². The number of nitrogens with one attached hydrogen (secondary N) is 1. The molecule has 0 radical (unpaired) electrons. The normalized spacial score (nSPS) is 10.8. The second-order valence-corrected chi connectivity index (χ2v) is 4.41. The van der Waals surface area contributed by atoms with Crippen molar-refractivity contribution in [2.24, 2.45) is 0 Å². The Hall–Kier alpha value is -0.0700. The lowest BCUT2D eigenvalue weighted by Gasteiger charge is -2.03. The molecule has 0 aliphatic heterocycles. The van der Waals surface area contributed by atoms with E-state index in [1.54, 1.807) is 0 Å². The minimum atomic E-state index is 0.802. The van der Waals surface area contributed by atoms with Gasteiger partial charge in [0.15, 0.2) is 3.77 Å². The average molecular weight is 323 g/mol. The van der Waals surface area contributed by atoms with Gasteiger partial charge in [0.25, 0.3) is 0 Å². The zero-order valence-electron chi connectivity index (χ0n) is 9.09. The van der Waals surface area contributed by atoms with Crippen molar-refractivity contribution in [3.63, 3.8) is 0 Å². The topological polar surface area (TPSA) is 34.4 Å². The van der Waals surface area contributed by atoms with E-state index in [-0.39, 0.29) is 0 Å². The lowest BCUT2D eigenvalue weighted by molar-refractivity contribution is 0.132. The van der Waals surface area contributed by atoms with Crippen LogP contribution in [0.4, 0.5) is 0 Å². The molecule has 0 spiro atoms. The van der Waals surface area contributed by atoms with E-state index in [9.17, 15) is 0 Å². The SMILES string of the molecule is CCCOCCCNCc1ccc(I)o1. The number of furan rings is 1. The quantitative estimate of drug-likeness (QED) is 0.590. The minimum Gasteiger partial charge on any atom is -0.454 e. The van der Waals surface area contributed by atoms with Crippen LogP contribution in [0, 0.1) is 3.77 Å². The second kappa shape index (κ2) is 8.13. The molecule has 1 N–H and O–H groups in total. The summed E-state index contributed by atoms with van der Waals surface area (Å²) < 4.78 is 11.7. The fraction of sp³-hybridized carbons (Fsp3) is 0.636. The zero-order chi connectivity index (χ0) is 10.9. The van der Waals surface area contributed by atoms with E-state index < -0.39 is 0 Å². The van der Waals surface area contributed by atoms with Crippen molar-refractivity contribution < 1.29 is 9.15 Å². The maximum atomic E-state index is 5.42. The van der Waals surface area contributed by atoms with E-state index >= 15 is 0 Å². The molecule has 4 heteroatoms. The van der Waals surface area contributed by atoms with E-state index in [0.29, 0.717) is 0 Å². The first kappa shape index (κ1) is 13.0. The van der Waals surface area contributed by atoms with Gasteiger partial charge in [-0.1, -0.05) is 6.92 Å². The predicted octanol–water partition coefficient (Wildman–Crippen LogP) is 2.79. The highest BCUT2D eigenvalue weighted by Crippen LogP contribution is 2.09. The van der Waals surface area contributed by atoms with Gasteiger partial charge in [0, 0.05) is 13.2 Å². The first-order chi connectivity index (χ1) is 7.33. The lowest BCUT2D eigenvalue weighted by Crippen LogP contribution is -2.16. The van der Waals surface area contributed by atoms with Crippen LogP contribution in [0.25, 0.3) is 0 Å². The molecular weight excluding hydrogens is 305 g/mol. The monoisotopic (exact) mass is 323 g/mol. The molecule has 0 aromatic carbocycles. The highest BCUT2D eigenvalue weighted by Gasteiger charge is 1.97. The molecule has 1 rings (SSSR count). The zero-order valence-corrected chi connectivity index (χ0v) is 11.2. The summed E-state index contributed by atoms with van der Waals surface area (Å²) in [6.07, 6.45) is 2.15. The number of ether oxygens (including phenoxy) is 1. The van der Waals surface area contributed by atoms with Gasteiger partial charge in [-0.2, -0.15) is 0 Å². The molecular formula is C11H18INO2. The van der Waals surface area contributed by atoms with Crippen LogP contribution >= 0.6 is 22.6 Å². The summed E-state index contributed by atoms with van der Waals surface area (Å²) in [5.74, 6) is 0.994. The van der Waals surface area contributed by atoms with E-state index in [0.717, 1.165) is 48.7 Å². The van der Waals surface area contributed by atoms with Gasteiger partial charge in [-0.05, 0) is 54.1 Å². The van der Waals surface area contributed by atoms with Crippen LogP contribution in [0.15, 0.2) is 16.5 Å². The van der Waals surface area contributed by atoms with Crippen molar-refractivity contribution in [2.45, 2.75) is 26.3 Å². The Morgan fingerprint density at radius 1 is 1.40 bits per heavy atom. The third kappa shape index (κ3) is 6.17. The molecule has 86 valence electrons. The predicted molar refractivity (Wildman–Crippen MR) is 68.9 cm³/mol. The summed E-state index contributed by atoms with van der Waals surface area (Å²) in [6, 6.07) is 3.98. The molecule has 0 saturated carbocycles. The molecule has 0 fully saturated rings. The van der Waals surface area contributed by atoms with Gasteiger partial charge in [0.05, 0.1) is 6.54 Å². The molecule has 0 atom stereocenters. The molecule has 1 heterocycles. The van der Waals surface area contributed by atoms with Crippen molar-refractivity contribution in [1.29, 1.82) is 0 Å². The summed E-state index contributed by atoms with van der Waals surface area (Å²) in [5.41, 5.74) is 0. The Kier molecular flexibility index (Phi) is 7.04. The van der Waals surface area contributed by atoms with E-state index in [4.69, 9.17) is 9.15 Å². The van der Waals surface area contributed by atoms with Gasteiger partial charge in [-0.25, -0.2) is 0 Å². The maximum absolute atomic E-state index is 5.42. The molecule has 1 aromatic rings. The van der Waals surface area contributed by atoms with Crippen LogP contribution in [0.1, 0.15) is 25.5 Å². The average Bonchev–Trinajstić information content (AvgIpc) is 2.63. The molecule has 0 unspecified atom stereocenters. The Labute approximate surface area is 105 Å². The van der Waals surface area contributed by atoms with Crippen LogP contribution < -0.4 is 5.32 Å². The van der Waals surface area contributed by atoms with Crippen LogP contribution in [0.3, 0.4) is 0 Å². The van der Waals surface area contributed by atoms with Gasteiger partial charge >= 0.3 is 0 Å². The second-order valence-electron chi connectivity index (χ2n) is 3.35. The molecule has 0 amide bonds. The fourth-order valence-corrected chi connectivity index (χ4v) is 1.67. The first-order valence-corrected chi connectivity index (χ1v) is 6.43. The van der Waals surface area contributed by atoms with E-state index in [1.165, 1.54) is 0 Å². The summed E-state index contributed by atoms with van der Waals surface area (Å²) in [7, 11) is 0. The third-order valence-electron chi connectivity index (χ3n) is 1.92. The van der Waals surface area contributed by atoms with Crippen LogP contribution in [0.5, 0.6) is 0 Å². The molecule has 0 aliphatic rings. The maximum Gasteiger partial charge on any atom is 0.164 e. The van der Waals surface area contributed by atoms with Gasteiger partial charge in [0.2, 0.25) is 0 Å². The Morgan fingerprint density at radius 2 is 2.27 bits per heavy atom. The van der Waals surface area contributed by atoms with E-state index in [1.807, 2.05) is 12.1 Å². The summed E-state index contributed by atoms with van der Waals surface area (Å²) in [5, 5.41) is 3.31. The van der Waals surface area contributed by atoms with E-state index in [2.05, 4.69) is 34.8 Å². The highest BCUT2D eigenvalue weighted by atomic mass is 127. The largest absolute Gasteiger partial charge is 0.454 e. The van der Waals surface area contributed by atoms with Gasteiger partial charge in [0.1, 0.15) is 5.76 Å². The molecule has 0 aliphatic carbocycles. The van der Waals surface area contributed by atoms with Crippen molar-refractivity contribution in [3.8, 4) is 0 Å². The van der Waals surface area contributed by atoms with Crippen LogP contribution in [-0.4, -0.2) is 19.8 Å². The van der Waals surface area contributed by atoms with Crippen molar-refractivity contribution >= 4 is 22.6 Å². The van der Waals surface area contributed by atoms with Crippen LogP contribution in [-0.2, 0) is 11.3 Å². The van der Waals surface area contributed by atoms with Crippen molar-refractivity contribution in [1.82, 2.24) is 5.32 Å². The summed E-state index contributed by atoms with van der Waals surface area (Å²) >= 11 is 2.17. The molecule has 15 heavy (non-hydrogen) atoms. The molecule has 0 saturated heterocycles. The summed E-state index contributed by atoms with van der Waals surface area (Å²) in [6.45, 7) is 5.61. The van der Waals surface area contributed by atoms with Crippen LogP contribution in [0.2, 0.25) is 0 Å². The Balaban J connectivity index is 1.93. The van der Waals surface area contributed by atoms with Crippen molar-refractivity contribution in [2.75, 3.05) is 19.8 Å². The smallest absolute Gasteiger partial charge is 0.164 e. The molecule has 3 nitrogen and oxygen atoms in total. The van der Waals surface area contributed by atoms with Gasteiger partial charge in [-0.15, -0.1) is 0 Å². The summed E-state index contributed by atoms with van der Waals surface area (Å²) in [4.78, 5) is 0. The number of hydrogen-bond acceptors (Lipinski definition) is 3. The number of hydrogen-bond donors (Lipinski definition) is 1. The first-order valence-electron chi connectivity index (χ1n) is 5.35. The third-order valence-corrected chi connectivity index (χ3v) is 2.50. The molecule has 0 bridgehead atoms. The minimum absolute atomic E-state index is 0.802. The van der Waals surface area contributed by atoms with Gasteiger partial charge < -0.3 is 14.5 Å². The Bertz CT molecular complexity index is 263. The highest BCUT2D eigenvalue weighted by molar-refractivity contribution is 14.1. The number of rotatable bonds is 8. The standard InChI is InChI=1S/C11H18INO2/c1-2-7-14-8-3-6-13-9-10-4-5-11(12)15-10/h4-5,13H,2-3,6-9H2,1H3.